The number of carbonyl (C=O) groups is 1. The van der Waals surface area contributed by atoms with E-state index in [1.54, 1.807) is 38.3 Å². The van der Waals surface area contributed by atoms with Gasteiger partial charge in [-0.3, -0.25) is 4.79 Å². The molecule has 0 aliphatic carbocycles. The zero-order valence-electron chi connectivity index (χ0n) is 14.7. The summed E-state index contributed by atoms with van der Waals surface area (Å²) in [5.74, 6) is 7.17. The average Bonchev–Trinajstić information content (AvgIpc) is 3.02. The molecule has 9 heteroatoms. The second-order valence-electron chi connectivity index (χ2n) is 5.66. The molecule has 1 unspecified atom stereocenters. The van der Waals surface area contributed by atoms with Crippen molar-refractivity contribution in [3.8, 4) is 17.1 Å². The van der Waals surface area contributed by atoms with E-state index in [1.807, 2.05) is 24.3 Å². The zero-order chi connectivity index (χ0) is 19.4. The molecule has 0 aliphatic rings. The van der Waals surface area contributed by atoms with E-state index in [0.717, 1.165) is 11.3 Å². The molecule has 0 aliphatic heterocycles. The Morgan fingerprint density at radius 2 is 2.00 bits per heavy atom. The van der Waals surface area contributed by atoms with Gasteiger partial charge in [-0.05, 0) is 49.4 Å². The van der Waals surface area contributed by atoms with Crippen LogP contribution in [0.4, 0.5) is 5.69 Å². The summed E-state index contributed by atoms with van der Waals surface area (Å²) < 4.78 is 6.52. The van der Waals surface area contributed by atoms with Crippen LogP contribution >= 0.6 is 23.4 Å². The predicted molar refractivity (Wildman–Crippen MR) is 108 cm³/mol. The Kier molecular flexibility index (Phi) is 5.88. The van der Waals surface area contributed by atoms with Crippen LogP contribution in [0, 0.1) is 0 Å². The Morgan fingerprint density at radius 1 is 1.26 bits per heavy atom. The number of hydrogen-bond donors (Lipinski definition) is 2. The van der Waals surface area contributed by atoms with Crippen molar-refractivity contribution in [1.82, 2.24) is 14.9 Å². The molecule has 0 fully saturated rings. The highest BCUT2D eigenvalue weighted by Crippen LogP contribution is 2.26. The fourth-order valence-corrected chi connectivity index (χ4v) is 3.28. The van der Waals surface area contributed by atoms with Crippen LogP contribution < -0.4 is 15.9 Å². The summed E-state index contributed by atoms with van der Waals surface area (Å²) in [6, 6.07) is 14.3. The number of rotatable bonds is 6. The van der Waals surface area contributed by atoms with Gasteiger partial charge < -0.3 is 15.9 Å². The van der Waals surface area contributed by atoms with Crippen molar-refractivity contribution in [3.05, 3.63) is 53.6 Å². The molecule has 1 amide bonds. The molecule has 1 heterocycles. The van der Waals surface area contributed by atoms with Crippen molar-refractivity contribution >= 4 is 35.0 Å². The number of aromatic nitrogens is 3. The molecule has 1 aromatic heterocycles. The van der Waals surface area contributed by atoms with Crippen molar-refractivity contribution in [2.45, 2.75) is 17.3 Å². The van der Waals surface area contributed by atoms with Crippen LogP contribution in [-0.4, -0.2) is 33.1 Å². The van der Waals surface area contributed by atoms with Gasteiger partial charge in [0.05, 0.1) is 12.4 Å². The van der Waals surface area contributed by atoms with E-state index in [-0.39, 0.29) is 5.91 Å². The van der Waals surface area contributed by atoms with E-state index in [9.17, 15) is 4.79 Å². The minimum Gasteiger partial charge on any atom is -0.497 e. The van der Waals surface area contributed by atoms with Crippen LogP contribution in [0.5, 0.6) is 5.75 Å². The van der Waals surface area contributed by atoms with Crippen LogP contribution in [0.2, 0.25) is 5.02 Å². The number of anilines is 1. The van der Waals surface area contributed by atoms with Crippen LogP contribution in [0.15, 0.2) is 53.7 Å². The third-order valence-corrected chi connectivity index (χ3v) is 5.05. The van der Waals surface area contributed by atoms with E-state index in [1.165, 1.54) is 16.4 Å². The molecular weight excluding hydrogens is 386 g/mol. The second-order valence-corrected chi connectivity index (χ2v) is 7.41. The van der Waals surface area contributed by atoms with Gasteiger partial charge in [-0.1, -0.05) is 29.4 Å². The zero-order valence-corrected chi connectivity index (χ0v) is 16.3. The normalized spacial score (nSPS) is 11.8. The van der Waals surface area contributed by atoms with Crippen molar-refractivity contribution < 1.29 is 9.53 Å². The van der Waals surface area contributed by atoms with Crippen LogP contribution in [0.25, 0.3) is 11.4 Å². The number of nitrogens with two attached hydrogens (primary N) is 1. The van der Waals surface area contributed by atoms with Crippen LogP contribution in [0.3, 0.4) is 0 Å². The lowest BCUT2D eigenvalue weighted by atomic mass is 10.2. The van der Waals surface area contributed by atoms with Crippen LogP contribution in [-0.2, 0) is 4.79 Å². The molecule has 0 saturated carbocycles. The van der Waals surface area contributed by atoms with E-state index >= 15 is 0 Å². The van der Waals surface area contributed by atoms with Gasteiger partial charge in [0.1, 0.15) is 5.75 Å². The molecule has 1 atom stereocenters. The first kappa shape index (κ1) is 19.1. The quantitative estimate of drug-likeness (QED) is 0.483. The predicted octanol–water partition coefficient (Wildman–Crippen LogP) is 3.44. The van der Waals surface area contributed by atoms with Crippen molar-refractivity contribution in [1.29, 1.82) is 0 Å². The monoisotopic (exact) mass is 403 g/mol. The molecular formula is C18H18ClN5O2S. The summed E-state index contributed by atoms with van der Waals surface area (Å²) in [5.41, 5.74) is 1.43. The van der Waals surface area contributed by atoms with E-state index in [0.29, 0.717) is 21.7 Å². The Labute approximate surface area is 165 Å². The second kappa shape index (κ2) is 8.32. The summed E-state index contributed by atoms with van der Waals surface area (Å²) in [7, 11) is 1.60. The number of methoxy groups -OCH3 is 1. The number of nitrogens with zero attached hydrogens (tertiary/aromatic N) is 3. The summed E-state index contributed by atoms with van der Waals surface area (Å²) in [4.78, 5) is 12.4. The lowest BCUT2D eigenvalue weighted by Gasteiger charge is -2.11. The molecule has 3 rings (SSSR count). The summed E-state index contributed by atoms with van der Waals surface area (Å²) in [6.07, 6.45) is 0. The maximum absolute atomic E-state index is 12.4. The fraction of sp³-hybridized carbons (Fsp3) is 0.167. The number of halogens is 1. The maximum Gasteiger partial charge on any atom is 0.237 e. The third-order valence-electron chi connectivity index (χ3n) is 3.76. The maximum atomic E-state index is 12.4. The molecule has 0 spiro atoms. The Hall–Kier alpha value is -2.71. The highest BCUT2D eigenvalue weighted by molar-refractivity contribution is 8.00. The van der Waals surface area contributed by atoms with Gasteiger partial charge in [-0.25, -0.2) is 4.68 Å². The summed E-state index contributed by atoms with van der Waals surface area (Å²) in [6.45, 7) is 1.77. The molecule has 2 aromatic carbocycles. The number of amides is 1. The SMILES string of the molecule is COc1ccc(-c2nnc(SC(C)C(=O)Nc3cccc(Cl)c3)n2N)cc1. The topological polar surface area (TPSA) is 95.1 Å². The molecule has 3 aromatic rings. The van der Waals surface area contributed by atoms with Gasteiger partial charge >= 0.3 is 0 Å². The van der Waals surface area contributed by atoms with Gasteiger partial charge in [0.2, 0.25) is 11.1 Å². The van der Waals surface area contributed by atoms with Gasteiger partial charge in [-0.15, -0.1) is 10.2 Å². The Bertz CT molecular complexity index is 945. The summed E-state index contributed by atoms with van der Waals surface area (Å²) in [5, 5.41) is 11.6. The Balaban J connectivity index is 1.70. The van der Waals surface area contributed by atoms with E-state index in [4.69, 9.17) is 22.2 Å². The molecule has 27 heavy (non-hydrogen) atoms. The third kappa shape index (κ3) is 4.53. The van der Waals surface area contributed by atoms with Crippen molar-refractivity contribution in [3.63, 3.8) is 0 Å². The van der Waals surface area contributed by atoms with Gasteiger partial charge in [0, 0.05) is 16.3 Å². The van der Waals surface area contributed by atoms with Crippen molar-refractivity contribution in [2.75, 3.05) is 18.3 Å². The number of carbonyl (C=O) groups excluding carboxylic acids is 1. The number of nitrogen functional groups attached to an aromatic ring is 1. The highest BCUT2D eigenvalue weighted by atomic mass is 35.5. The first-order chi connectivity index (χ1) is 13.0. The molecule has 0 radical (unpaired) electrons. The molecule has 0 saturated heterocycles. The standard InChI is InChI=1S/C18H18ClN5O2S/c1-11(17(25)21-14-5-3-4-13(19)10-14)27-18-23-22-16(24(18)20)12-6-8-15(26-2)9-7-12/h3-11H,20H2,1-2H3,(H,21,25). The molecule has 3 N–H and O–H groups in total. The first-order valence-electron chi connectivity index (χ1n) is 8.06. The number of nitrogens with one attached hydrogen (secondary N) is 1. The number of thioether (sulfide) groups is 1. The lowest BCUT2D eigenvalue weighted by molar-refractivity contribution is -0.115. The molecule has 140 valence electrons. The minimum atomic E-state index is -0.431. The number of hydrogen-bond acceptors (Lipinski definition) is 6. The largest absolute Gasteiger partial charge is 0.497 e. The molecule has 0 bridgehead atoms. The Morgan fingerprint density at radius 3 is 2.67 bits per heavy atom. The smallest absolute Gasteiger partial charge is 0.237 e. The van der Waals surface area contributed by atoms with Crippen LogP contribution in [0.1, 0.15) is 6.92 Å². The van der Waals surface area contributed by atoms with Gasteiger partial charge in [0.15, 0.2) is 5.82 Å². The fourth-order valence-electron chi connectivity index (χ4n) is 2.32. The average molecular weight is 404 g/mol. The first-order valence-corrected chi connectivity index (χ1v) is 9.31. The number of benzene rings is 2. The molecule has 7 nitrogen and oxygen atoms in total. The number of ether oxygens (including phenoxy) is 1. The van der Waals surface area contributed by atoms with E-state index in [2.05, 4.69) is 15.5 Å². The summed E-state index contributed by atoms with van der Waals surface area (Å²) >= 11 is 7.16. The minimum absolute atomic E-state index is 0.184. The van der Waals surface area contributed by atoms with Gasteiger partial charge in [-0.2, -0.15) is 0 Å². The van der Waals surface area contributed by atoms with E-state index < -0.39 is 5.25 Å². The van der Waals surface area contributed by atoms with Crippen molar-refractivity contribution in [2.24, 2.45) is 0 Å². The highest BCUT2D eigenvalue weighted by Gasteiger charge is 2.20. The van der Waals surface area contributed by atoms with Gasteiger partial charge in [0.25, 0.3) is 0 Å². The lowest BCUT2D eigenvalue weighted by Crippen LogP contribution is -2.23.